The molecule has 0 aliphatic rings. The van der Waals surface area contributed by atoms with Gasteiger partial charge >= 0.3 is 5.95 Å². The molecule has 0 amide bonds. The maximum absolute atomic E-state index is 10.5. The summed E-state index contributed by atoms with van der Waals surface area (Å²) in [5.41, 5.74) is -0.358. The van der Waals surface area contributed by atoms with Gasteiger partial charge in [0.15, 0.2) is 0 Å². The molecule has 0 atom stereocenters. The van der Waals surface area contributed by atoms with Crippen LogP contribution in [-0.4, -0.2) is 5.60 Å². The zero-order valence-electron chi connectivity index (χ0n) is 6.39. The number of allylic oxidation sites excluding steroid dienone is 1. The Hall–Kier alpha value is -0.660. The highest BCUT2D eigenvalue weighted by molar-refractivity contribution is 4.79. The molecule has 0 aliphatic carbocycles. The van der Waals surface area contributed by atoms with Gasteiger partial charge in [0.1, 0.15) is 5.60 Å². The molecule has 53 valence electrons. The first-order chi connectivity index (χ1) is 3.95. The maximum Gasteiger partial charge on any atom is 0.326 e. The van der Waals surface area contributed by atoms with Gasteiger partial charge in [-0.25, -0.2) is 5.11 Å². The maximum atomic E-state index is 10.5. The Balaban J connectivity index is 3.75. The van der Waals surface area contributed by atoms with E-state index in [9.17, 15) is 5.11 Å². The van der Waals surface area contributed by atoms with Crippen LogP contribution in [0, 0.1) is 0 Å². The highest BCUT2D eigenvalue weighted by Gasteiger charge is 2.12. The monoisotopic (exact) mass is 129 g/mol. The fraction of sp³-hybridized carbons (Fsp3) is 0.714. The molecular formula is C7H13O2. The molecule has 0 aliphatic heterocycles. The second-order valence-corrected chi connectivity index (χ2v) is 2.82. The number of ether oxygens (including phenoxy) is 1. The number of rotatable bonds is 1. The highest BCUT2D eigenvalue weighted by atomic mass is 16.6. The highest BCUT2D eigenvalue weighted by Crippen LogP contribution is 2.10. The Labute approximate surface area is 56.1 Å². The minimum absolute atomic E-state index is 0.262. The second-order valence-electron chi connectivity index (χ2n) is 2.82. The lowest BCUT2D eigenvalue weighted by atomic mass is 10.2. The van der Waals surface area contributed by atoms with Crippen molar-refractivity contribution in [3.63, 3.8) is 0 Å². The predicted molar refractivity (Wildman–Crippen MR) is 35.3 cm³/mol. The fourth-order valence-electron chi connectivity index (χ4n) is 0.361. The lowest BCUT2D eigenvalue weighted by Gasteiger charge is -2.18. The van der Waals surface area contributed by atoms with Crippen molar-refractivity contribution in [1.82, 2.24) is 0 Å². The van der Waals surface area contributed by atoms with Crippen LogP contribution in [-0.2, 0) is 9.84 Å². The van der Waals surface area contributed by atoms with Crippen LogP contribution in [0.15, 0.2) is 12.0 Å². The Morgan fingerprint density at radius 3 is 2.00 bits per heavy atom. The summed E-state index contributed by atoms with van der Waals surface area (Å²) in [6.45, 7) is 7.19. The standard InChI is InChI=1S/C7H13O2/c1-5-6(8)9-7(2,3)4/h5H,1-4H3. The lowest BCUT2D eigenvalue weighted by Crippen LogP contribution is -2.17. The minimum atomic E-state index is -0.358. The van der Waals surface area contributed by atoms with E-state index in [0.717, 1.165) is 0 Å². The van der Waals surface area contributed by atoms with Crippen molar-refractivity contribution in [1.29, 1.82) is 0 Å². The summed E-state index contributed by atoms with van der Waals surface area (Å²) in [5.74, 6) is -0.262. The van der Waals surface area contributed by atoms with Gasteiger partial charge < -0.3 is 4.74 Å². The quantitative estimate of drug-likeness (QED) is 0.498. The molecule has 0 unspecified atom stereocenters. The fourth-order valence-corrected chi connectivity index (χ4v) is 0.361. The summed E-state index contributed by atoms with van der Waals surface area (Å²) < 4.78 is 4.89. The summed E-state index contributed by atoms with van der Waals surface area (Å²) in [5, 5.41) is 10.5. The van der Waals surface area contributed by atoms with Gasteiger partial charge in [0, 0.05) is 0 Å². The van der Waals surface area contributed by atoms with Crippen molar-refractivity contribution < 1.29 is 9.84 Å². The van der Waals surface area contributed by atoms with Crippen molar-refractivity contribution in [2.45, 2.75) is 33.3 Å². The molecule has 0 spiro atoms. The molecule has 0 fully saturated rings. The van der Waals surface area contributed by atoms with Gasteiger partial charge in [-0.15, -0.1) is 0 Å². The van der Waals surface area contributed by atoms with Crippen molar-refractivity contribution in [2.75, 3.05) is 0 Å². The molecular weight excluding hydrogens is 116 g/mol. The van der Waals surface area contributed by atoms with E-state index in [-0.39, 0.29) is 11.5 Å². The minimum Gasteiger partial charge on any atom is -0.457 e. The van der Waals surface area contributed by atoms with Gasteiger partial charge in [-0.2, -0.15) is 0 Å². The Morgan fingerprint density at radius 1 is 1.44 bits per heavy atom. The molecule has 0 aromatic carbocycles. The Morgan fingerprint density at radius 2 is 1.89 bits per heavy atom. The summed E-state index contributed by atoms with van der Waals surface area (Å²) >= 11 is 0. The third kappa shape index (κ3) is 5.21. The average Bonchev–Trinajstić information content (AvgIpc) is 1.62. The van der Waals surface area contributed by atoms with Gasteiger partial charge in [0.2, 0.25) is 0 Å². The summed E-state index contributed by atoms with van der Waals surface area (Å²) in [7, 11) is 0. The number of hydrogen-bond acceptors (Lipinski definition) is 1. The smallest absolute Gasteiger partial charge is 0.326 e. The van der Waals surface area contributed by atoms with Gasteiger partial charge in [-0.05, 0) is 33.8 Å². The lowest BCUT2D eigenvalue weighted by molar-refractivity contribution is -0.0380. The van der Waals surface area contributed by atoms with Gasteiger partial charge in [0.25, 0.3) is 0 Å². The summed E-state index contributed by atoms with van der Waals surface area (Å²) in [6.07, 6.45) is 1.41. The van der Waals surface area contributed by atoms with Gasteiger partial charge in [0.05, 0.1) is 0 Å². The zero-order chi connectivity index (χ0) is 7.49. The molecule has 2 nitrogen and oxygen atoms in total. The molecule has 0 bridgehead atoms. The predicted octanol–water partition coefficient (Wildman–Crippen LogP) is 2.09. The van der Waals surface area contributed by atoms with E-state index in [4.69, 9.17) is 4.74 Å². The van der Waals surface area contributed by atoms with Gasteiger partial charge in [-0.1, -0.05) is 0 Å². The molecule has 0 rings (SSSR count). The van der Waals surface area contributed by atoms with Crippen LogP contribution in [0.3, 0.4) is 0 Å². The topological polar surface area (TPSA) is 29.1 Å². The molecule has 2 heteroatoms. The largest absolute Gasteiger partial charge is 0.457 e. The summed E-state index contributed by atoms with van der Waals surface area (Å²) in [4.78, 5) is 0. The van der Waals surface area contributed by atoms with Crippen LogP contribution < -0.4 is 0 Å². The zero-order valence-corrected chi connectivity index (χ0v) is 6.39. The van der Waals surface area contributed by atoms with E-state index in [2.05, 4.69) is 0 Å². The normalized spacial score (nSPS) is 13.6. The third-order valence-corrected chi connectivity index (χ3v) is 0.642. The van der Waals surface area contributed by atoms with E-state index >= 15 is 0 Å². The Bertz CT molecular complexity index is 109. The van der Waals surface area contributed by atoms with Crippen LogP contribution in [0.5, 0.6) is 0 Å². The molecule has 0 aromatic rings. The van der Waals surface area contributed by atoms with Crippen LogP contribution in [0.4, 0.5) is 0 Å². The van der Waals surface area contributed by atoms with Crippen molar-refractivity contribution in [3.8, 4) is 0 Å². The third-order valence-electron chi connectivity index (χ3n) is 0.642. The summed E-state index contributed by atoms with van der Waals surface area (Å²) in [6, 6.07) is 0. The van der Waals surface area contributed by atoms with Crippen molar-refractivity contribution in [3.05, 3.63) is 12.0 Å². The van der Waals surface area contributed by atoms with E-state index in [1.54, 1.807) is 6.92 Å². The molecule has 0 heterocycles. The average molecular weight is 129 g/mol. The van der Waals surface area contributed by atoms with E-state index in [0.29, 0.717) is 0 Å². The second kappa shape index (κ2) is 2.76. The number of hydrogen-bond donors (Lipinski definition) is 0. The molecule has 0 saturated carbocycles. The molecule has 9 heavy (non-hydrogen) atoms. The Kier molecular flexibility index (Phi) is 2.56. The molecule has 0 N–H and O–H groups in total. The molecule has 1 radical (unpaired) electrons. The van der Waals surface area contributed by atoms with Crippen LogP contribution in [0.2, 0.25) is 0 Å². The molecule has 0 aromatic heterocycles. The van der Waals surface area contributed by atoms with E-state index in [1.807, 2.05) is 20.8 Å². The van der Waals surface area contributed by atoms with Gasteiger partial charge in [-0.3, -0.25) is 0 Å². The van der Waals surface area contributed by atoms with E-state index in [1.165, 1.54) is 6.08 Å². The first-order valence-electron chi connectivity index (χ1n) is 2.98. The van der Waals surface area contributed by atoms with Crippen LogP contribution >= 0.6 is 0 Å². The first kappa shape index (κ1) is 8.34. The van der Waals surface area contributed by atoms with Crippen LogP contribution in [0.1, 0.15) is 27.7 Å². The van der Waals surface area contributed by atoms with Crippen molar-refractivity contribution in [2.24, 2.45) is 0 Å². The molecule has 0 saturated heterocycles. The SMILES string of the molecule is CC=C([O])OC(C)(C)C. The van der Waals surface area contributed by atoms with E-state index < -0.39 is 0 Å². The first-order valence-corrected chi connectivity index (χ1v) is 2.98. The van der Waals surface area contributed by atoms with Crippen LogP contribution in [0.25, 0.3) is 0 Å². The van der Waals surface area contributed by atoms with Crippen molar-refractivity contribution >= 4 is 0 Å².